The van der Waals surface area contributed by atoms with Gasteiger partial charge < -0.3 is 26.0 Å². The highest BCUT2D eigenvalue weighted by Gasteiger charge is 2.40. The fourth-order valence-electron chi connectivity index (χ4n) is 4.40. The molecule has 1 aromatic carbocycles. The van der Waals surface area contributed by atoms with Crippen molar-refractivity contribution in [2.45, 2.75) is 31.4 Å². The molecular weight excluding hydrogens is 458 g/mol. The highest BCUT2D eigenvalue weighted by molar-refractivity contribution is 6.35. The fourth-order valence-corrected chi connectivity index (χ4v) is 4.93. The van der Waals surface area contributed by atoms with Crippen LogP contribution in [0.25, 0.3) is 0 Å². The highest BCUT2D eigenvalue weighted by atomic mass is 35.5. The van der Waals surface area contributed by atoms with Gasteiger partial charge in [0.25, 0.3) is 0 Å². The van der Waals surface area contributed by atoms with Gasteiger partial charge in [-0.3, -0.25) is 4.79 Å². The summed E-state index contributed by atoms with van der Waals surface area (Å²) in [6, 6.07) is 4.69. The normalized spacial score (nSPS) is 24.0. The summed E-state index contributed by atoms with van der Waals surface area (Å²) in [5.41, 5.74) is 6.33. The first-order valence-corrected chi connectivity index (χ1v) is 11.3. The number of nitrogen functional groups attached to an aromatic ring is 1. The van der Waals surface area contributed by atoms with Gasteiger partial charge in [0.1, 0.15) is 6.33 Å². The number of aromatic nitrogens is 2. The van der Waals surface area contributed by atoms with E-state index in [1.54, 1.807) is 28.0 Å². The van der Waals surface area contributed by atoms with Crippen LogP contribution >= 0.6 is 23.2 Å². The number of benzene rings is 1. The quantitative estimate of drug-likeness (QED) is 0.601. The predicted molar refractivity (Wildman–Crippen MR) is 122 cm³/mol. The molecular formula is C21H25Cl2FN6O2. The van der Waals surface area contributed by atoms with Crippen LogP contribution < -0.4 is 16.0 Å². The molecule has 172 valence electrons. The minimum absolute atomic E-state index is 0.0366. The molecule has 0 spiro atoms. The first-order chi connectivity index (χ1) is 15.3. The van der Waals surface area contributed by atoms with Crippen molar-refractivity contribution >= 4 is 46.4 Å². The fraction of sp³-hybridized carbons (Fsp3) is 0.476. The van der Waals surface area contributed by atoms with E-state index in [1.807, 2.05) is 0 Å². The lowest BCUT2D eigenvalue weighted by Crippen LogP contribution is -2.60. The SMILES string of the molecule is Nc1ncnc(N2CCC(O)C(N3CCCC(CNc4cc(Cl)cc(Cl)c4)C3=O)C2)c1F. The number of likely N-dealkylation sites (tertiary alicyclic amines) is 1. The molecule has 0 radical (unpaired) electrons. The number of hydrogen-bond acceptors (Lipinski definition) is 7. The Bertz CT molecular complexity index is 977. The van der Waals surface area contributed by atoms with Crippen LogP contribution in [0.3, 0.4) is 0 Å². The number of carbonyl (C=O) groups is 1. The minimum Gasteiger partial charge on any atom is -0.391 e. The average Bonchev–Trinajstić information content (AvgIpc) is 2.75. The standard InChI is InChI=1S/C21H25Cl2FN6O2/c22-13-6-14(23)8-15(7-13)26-9-12-2-1-4-30(21(12)32)16-10-29(5-3-17(16)31)20-18(24)19(25)27-11-28-20/h6-8,11-12,16-17,26,31H,1-5,9-10H2,(H2,25,27,28). The molecule has 2 saturated heterocycles. The van der Waals surface area contributed by atoms with E-state index >= 15 is 0 Å². The zero-order valence-electron chi connectivity index (χ0n) is 17.3. The molecule has 4 N–H and O–H groups in total. The van der Waals surface area contributed by atoms with Gasteiger partial charge in [0, 0.05) is 41.9 Å². The topological polar surface area (TPSA) is 108 Å². The van der Waals surface area contributed by atoms with Crippen molar-refractivity contribution in [2.75, 3.05) is 42.1 Å². The van der Waals surface area contributed by atoms with E-state index in [-0.39, 0.29) is 30.0 Å². The van der Waals surface area contributed by atoms with Crippen LogP contribution in [0.15, 0.2) is 24.5 Å². The maximum atomic E-state index is 14.4. The molecule has 1 aromatic heterocycles. The van der Waals surface area contributed by atoms with E-state index in [0.717, 1.165) is 18.5 Å². The molecule has 2 aliphatic rings. The van der Waals surface area contributed by atoms with Crippen molar-refractivity contribution in [3.05, 3.63) is 40.4 Å². The molecule has 2 fully saturated rings. The van der Waals surface area contributed by atoms with E-state index in [2.05, 4.69) is 15.3 Å². The number of nitrogens with zero attached hydrogens (tertiary/aromatic N) is 4. The van der Waals surface area contributed by atoms with Crippen molar-refractivity contribution in [1.82, 2.24) is 14.9 Å². The number of nitrogens with two attached hydrogens (primary N) is 1. The van der Waals surface area contributed by atoms with Gasteiger partial charge in [-0.05, 0) is 37.5 Å². The lowest BCUT2D eigenvalue weighted by Gasteiger charge is -2.45. The van der Waals surface area contributed by atoms with Crippen LogP contribution in [0.5, 0.6) is 0 Å². The van der Waals surface area contributed by atoms with Crippen LogP contribution in [0, 0.1) is 11.7 Å². The lowest BCUT2D eigenvalue weighted by atomic mass is 9.92. The van der Waals surface area contributed by atoms with Crippen molar-refractivity contribution in [3.63, 3.8) is 0 Å². The maximum absolute atomic E-state index is 14.4. The van der Waals surface area contributed by atoms with Crippen molar-refractivity contribution in [3.8, 4) is 0 Å². The third-order valence-electron chi connectivity index (χ3n) is 6.04. The van der Waals surface area contributed by atoms with E-state index in [9.17, 15) is 14.3 Å². The van der Waals surface area contributed by atoms with E-state index in [1.165, 1.54) is 6.33 Å². The number of piperidine rings is 2. The van der Waals surface area contributed by atoms with Gasteiger partial charge in [-0.2, -0.15) is 4.39 Å². The Morgan fingerprint density at radius 1 is 1.19 bits per heavy atom. The Hall–Kier alpha value is -2.36. The molecule has 0 aliphatic carbocycles. The summed E-state index contributed by atoms with van der Waals surface area (Å²) in [4.78, 5) is 24.4. The van der Waals surface area contributed by atoms with Gasteiger partial charge in [0.05, 0.1) is 18.1 Å². The molecule has 2 aromatic rings. The molecule has 3 unspecified atom stereocenters. The summed E-state index contributed by atoms with van der Waals surface area (Å²) >= 11 is 12.1. The number of nitrogens with one attached hydrogen (secondary N) is 1. The molecule has 3 atom stereocenters. The smallest absolute Gasteiger partial charge is 0.227 e. The molecule has 32 heavy (non-hydrogen) atoms. The monoisotopic (exact) mass is 482 g/mol. The molecule has 2 aliphatic heterocycles. The number of hydrogen-bond donors (Lipinski definition) is 3. The highest BCUT2D eigenvalue weighted by Crippen LogP contribution is 2.29. The van der Waals surface area contributed by atoms with Gasteiger partial charge in [0.2, 0.25) is 11.7 Å². The second-order valence-corrected chi connectivity index (χ2v) is 9.05. The second-order valence-electron chi connectivity index (χ2n) is 8.18. The molecule has 11 heteroatoms. The summed E-state index contributed by atoms with van der Waals surface area (Å²) in [6.07, 6.45) is 2.45. The molecule has 0 bridgehead atoms. The van der Waals surface area contributed by atoms with Gasteiger partial charge in [0.15, 0.2) is 11.6 Å². The number of aliphatic hydroxyl groups excluding tert-OH is 1. The van der Waals surface area contributed by atoms with Gasteiger partial charge in [-0.25, -0.2) is 9.97 Å². The second kappa shape index (κ2) is 9.64. The first-order valence-electron chi connectivity index (χ1n) is 10.5. The summed E-state index contributed by atoms with van der Waals surface area (Å²) in [7, 11) is 0. The summed E-state index contributed by atoms with van der Waals surface area (Å²) in [5.74, 6) is -1.11. The largest absolute Gasteiger partial charge is 0.391 e. The summed E-state index contributed by atoms with van der Waals surface area (Å²) in [6.45, 7) is 1.65. The van der Waals surface area contributed by atoms with Gasteiger partial charge in [-0.1, -0.05) is 23.2 Å². The minimum atomic E-state index is -0.698. The number of rotatable bonds is 5. The Balaban J connectivity index is 1.45. The van der Waals surface area contributed by atoms with Gasteiger partial charge >= 0.3 is 0 Å². The Labute approximate surface area is 195 Å². The molecule has 0 saturated carbocycles. The first kappa shape index (κ1) is 22.8. The Morgan fingerprint density at radius 2 is 1.94 bits per heavy atom. The maximum Gasteiger partial charge on any atom is 0.227 e. The van der Waals surface area contributed by atoms with Crippen molar-refractivity contribution in [2.24, 2.45) is 5.92 Å². The number of halogens is 3. The van der Waals surface area contributed by atoms with Crippen LogP contribution in [0.4, 0.5) is 21.7 Å². The summed E-state index contributed by atoms with van der Waals surface area (Å²) < 4.78 is 14.4. The third-order valence-corrected chi connectivity index (χ3v) is 6.48. The lowest BCUT2D eigenvalue weighted by molar-refractivity contribution is -0.143. The van der Waals surface area contributed by atoms with Crippen LogP contribution in [0.2, 0.25) is 10.0 Å². The summed E-state index contributed by atoms with van der Waals surface area (Å²) in [5, 5.41) is 14.9. The van der Waals surface area contributed by atoms with Crippen LogP contribution in [0.1, 0.15) is 19.3 Å². The third kappa shape index (κ3) is 4.84. The Morgan fingerprint density at radius 3 is 2.69 bits per heavy atom. The van der Waals surface area contributed by atoms with E-state index in [0.29, 0.717) is 36.1 Å². The Kier molecular flexibility index (Phi) is 6.88. The van der Waals surface area contributed by atoms with Gasteiger partial charge in [-0.15, -0.1) is 0 Å². The molecule has 3 heterocycles. The number of anilines is 3. The van der Waals surface area contributed by atoms with Crippen molar-refractivity contribution < 1.29 is 14.3 Å². The average molecular weight is 483 g/mol. The van der Waals surface area contributed by atoms with Crippen LogP contribution in [-0.2, 0) is 4.79 Å². The van der Waals surface area contributed by atoms with E-state index in [4.69, 9.17) is 28.9 Å². The molecule has 8 nitrogen and oxygen atoms in total. The zero-order chi connectivity index (χ0) is 22.8. The zero-order valence-corrected chi connectivity index (χ0v) is 18.9. The number of amides is 1. The van der Waals surface area contributed by atoms with Crippen molar-refractivity contribution in [1.29, 1.82) is 0 Å². The van der Waals surface area contributed by atoms with Crippen LogP contribution in [-0.4, -0.2) is 64.2 Å². The van der Waals surface area contributed by atoms with E-state index < -0.39 is 18.0 Å². The number of carbonyl (C=O) groups excluding carboxylic acids is 1. The predicted octanol–water partition coefficient (Wildman–Crippen LogP) is 2.79. The molecule has 1 amide bonds. The molecule has 4 rings (SSSR count). The number of aliphatic hydroxyl groups is 1.